The first-order valence-electron chi connectivity index (χ1n) is 6.58. The van der Waals surface area contributed by atoms with Crippen molar-refractivity contribution in [2.24, 2.45) is 0 Å². The van der Waals surface area contributed by atoms with Gasteiger partial charge in [-0.25, -0.2) is 9.67 Å². The molecule has 0 fully saturated rings. The molecule has 0 aliphatic carbocycles. The first-order valence-corrected chi connectivity index (χ1v) is 6.58. The minimum Gasteiger partial charge on any atom is -0.384 e. The topological polar surface area (TPSA) is 86.3 Å². The molecule has 0 spiro atoms. The number of rotatable bonds is 6. The Kier molecular flexibility index (Phi) is 4.89. The Hall–Kier alpha value is -2.41. The van der Waals surface area contributed by atoms with Gasteiger partial charge in [-0.1, -0.05) is 6.07 Å². The number of hydrogen-bond acceptors (Lipinski definition) is 6. The number of hydrogen-bond donors (Lipinski definition) is 1. The second kappa shape index (κ2) is 6.85. The lowest BCUT2D eigenvalue weighted by molar-refractivity contribution is 0.206. The summed E-state index contributed by atoms with van der Waals surface area (Å²) >= 11 is 0. The Balaban J connectivity index is 2.12. The quantitative estimate of drug-likeness (QED) is 0.826. The number of nitrogen functional groups attached to an aromatic ring is 1. The monoisotopic (exact) mass is 289 g/mol. The van der Waals surface area contributed by atoms with E-state index in [0.717, 1.165) is 11.3 Å². The highest BCUT2D eigenvalue weighted by atomic mass is 16.5. The summed E-state index contributed by atoms with van der Waals surface area (Å²) in [5.74, 6) is 0.453. The molecule has 0 saturated heterocycles. The maximum absolute atomic E-state index is 12.1. The highest BCUT2D eigenvalue weighted by Crippen LogP contribution is 2.07. The average molecular weight is 289 g/mol. The van der Waals surface area contributed by atoms with Gasteiger partial charge in [-0.3, -0.25) is 4.79 Å². The second-order valence-corrected chi connectivity index (χ2v) is 4.72. The number of ether oxygens (including phenoxy) is 1. The van der Waals surface area contributed by atoms with Crippen LogP contribution in [0.1, 0.15) is 5.56 Å². The molecule has 2 rings (SSSR count). The summed E-state index contributed by atoms with van der Waals surface area (Å²) in [5.41, 5.74) is 7.02. The van der Waals surface area contributed by atoms with Gasteiger partial charge in [0.05, 0.1) is 25.0 Å². The maximum Gasteiger partial charge on any atom is 0.269 e. The van der Waals surface area contributed by atoms with E-state index in [0.29, 0.717) is 25.5 Å². The van der Waals surface area contributed by atoms with E-state index in [1.54, 1.807) is 31.6 Å². The lowest BCUT2D eigenvalue weighted by Crippen LogP contribution is -2.27. The van der Waals surface area contributed by atoms with Gasteiger partial charge in [-0.2, -0.15) is 5.10 Å². The van der Waals surface area contributed by atoms with Crippen LogP contribution in [0.25, 0.3) is 0 Å². The van der Waals surface area contributed by atoms with Crippen molar-refractivity contribution in [3.63, 3.8) is 0 Å². The van der Waals surface area contributed by atoms with Crippen LogP contribution in [0.2, 0.25) is 0 Å². The van der Waals surface area contributed by atoms with Gasteiger partial charge in [0.15, 0.2) is 0 Å². The Labute approximate surface area is 123 Å². The van der Waals surface area contributed by atoms with Crippen molar-refractivity contribution in [3.05, 3.63) is 46.5 Å². The van der Waals surface area contributed by atoms with Crippen LogP contribution in [-0.4, -0.2) is 42.1 Å². The molecule has 0 amide bonds. The molecule has 0 bridgehead atoms. The van der Waals surface area contributed by atoms with Crippen LogP contribution < -0.4 is 16.2 Å². The third-order valence-electron chi connectivity index (χ3n) is 3.11. The highest BCUT2D eigenvalue weighted by Gasteiger charge is 2.05. The lowest BCUT2D eigenvalue weighted by atomic mass is 10.3. The van der Waals surface area contributed by atoms with Crippen LogP contribution >= 0.6 is 0 Å². The molecule has 0 radical (unpaired) electrons. The standard InChI is InChI=1S/C14H19N5O2/c1-18(5-6-21-2)12-7-14(20)19(17-9-12)10-11-3-4-13(15)16-8-11/h3-4,7-9H,5-6,10H2,1-2H3,(H2,15,16). The van der Waals surface area contributed by atoms with Crippen LogP contribution in [0.5, 0.6) is 0 Å². The largest absolute Gasteiger partial charge is 0.384 e. The SMILES string of the molecule is COCCN(C)c1cnn(Cc2ccc(N)nc2)c(=O)c1. The summed E-state index contributed by atoms with van der Waals surface area (Å²) in [5, 5.41) is 4.19. The lowest BCUT2D eigenvalue weighted by Gasteiger charge is -2.18. The minimum absolute atomic E-state index is 0.159. The number of likely N-dealkylation sites (N-methyl/N-ethyl adjacent to an activating group) is 1. The first kappa shape index (κ1) is 15.0. The van der Waals surface area contributed by atoms with Gasteiger partial charge in [0.2, 0.25) is 0 Å². The Morgan fingerprint density at radius 2 is 2.19 bits per heavy atom. The molecule has 0 aliphatic heterocycles. The van der Waals surface area contributed by atoms with E-state index < -0.39 is 0 Å². The van der Waals surface area contributed by atoms with Crippen molar-refractivity contribution >= 4 is 11.5 Å². The number of methoxy groups -OCH3 is 1. The zero-order valence-corrected chi connectivity index (χ0v) is 12.2. The summed E-state index contributed by atoms with van der Waals surface area (Å²) < 4.78 is 6.40. The third kappa shape index (κ3) is 4.03. The first-order chi connectivity index (χ1) is 10.1. The van der Waals surface area contributed by atoms with Crippen LogP contribution in [-0.2, 0) is 11.3 Å². The summed E-state index contributed by atoms with van der Waals surface area (Å²) in [6.45, 7) is 1.66. The van der Waals surface area contributed by atoms with Crippen LogP contribution in [0, 0.1) is 0 Å². The van der Waals surface area contributed by atoms with Gasteiger partial charge in [0, 0.05) is 33.0 Å². The summed E-state index contributed by atoms with van der Waals surface area (Å²) in [7, 11) is 3.54. The normalized spacial score (nSPS) is 10.6. The molecule has 0 saturated carbocycles. The average Bonchev–Trinajstić information content (AvgIpc) is 2.49. The molecule has 21 heavy (non-hydrogen) atoms. The number of aromatic nitrogens is 3. The van der Waals surface area contributed by atoms with Crippen molar-refractivity contribution in [1.29, 1.82) is 0 Å². The van der Waals surface area contributed by atoms with E-state index in [-0.39, 0.29) is 5.56 Å². The minimum atomic E-state index is -0.159. The molecule has 0 atom stereocenters. The number of nitrogens with zero attached hydrogens (tertiary/aromatic N) is 4. The predicted molar refractivity (Wildman–Crippen MR) is 81.4 cm³/mol. The van der Waals surface area contributed by atoms with Gasteiger partial charge in [0.25, 0.3) is 5.56 Å². The van der Waals surface area contributed by atoms with E-state index in [4.69, 9.17) is 10.5 Å². The molecule has 0 unspecified atom stereocenters. The maximum atomic E-state index is 12.1. The van der Waals surface area contributed by atoms with Gasteiger partial charge in [-0.15, -0.1) is 0 Å². The molecule has 2 N–H and O–H groups in total. The van der Waals surface area contributed by atoms with Crippen LogP contribution in [0.4, 0.5) is 11.5 Å². The molecular weight excluding hydrogens is 270 g/mol. The molecule has 7 nitrogen and oxygen atoms in total. The van der Waals surface area contributed by atoms with Crippen LogP contribution in [0.15, 0.2) is 35.4 Å². The van der Waals surface area contributed by atoms with E-state index in [9.17, 15) is 4.79 Å². The highest BCUT2D eigenvalue weighted by molar-refractivity contribution is 5.41. The van der Waals surface area contributed by atoms with Gasteiger partial charge >= 0.3 is 0 Å². The Bertz CT molecular complexity index is 639. The van der Waals surface area contributed by atoms with E-state index in [1.807, 2.05) is 18.0 Å². The fourth-order valence-electron chi connectivity index (χ4n) is 1.81. The fourth-order valence-corrected chi connectivity index (χ4v) is 1.81. The van der Waals surface area contributed by atoms with Crippen molar-refractivity contribution in [1.82, 2.24) is 14.8 Å². The molecule has 2 heterocycles. The molecule has 2 aromatic rings. The van der Waals surface area contributed by atoms with Crippen molar-refractivity contribution in [3.8, 4) is 0 Å². The van der Waals surface area contributed by atoms with Gasteiger partial charge in [0.1, 0.15) is 5.82 Å². The van der Waals surface area contributed by atoms with Crippen molar-refractivity contribution in [2.75, 3.05) is 37.9 Å². The van der Waals surface area contributed by atoms with Crippen molar-refractivity contribution < 1.29 is 4.74 Å². The van der Waals surface area contributed by atoms with E-state index in [1.165, 1.54) is 4.68 Å². The molecule has 7 heteroatoms. The molecule has 112 valence electrons. The second-order valence-electron chi connectivity index (χ2n) is 4.72. The molecule has 0 aliphatic rings. The Morgan fingerprint density at radius 1 is 1.38 bits per heavy atom. The molecule has 0 aromatic carbocycles. The Morgan fingerprint density at radius 3 is 2.81 bits per heavy atom. The predicted octanol–water partition coefficient (Wildman–Crippen LogP) is 0.351. The van der Waals surface area contributed by atoms with Crippen molar-refractivity contribution in [2.45, 2.75) is 6.54 Å². The number of nitrogens with two attached hydrogens (primary N) is 1. The zero-order valence-electron chi connectivity index (χ0n) is 12.2. The smallest absolute Gasteiger partial charge is 0.269 e. The molecule has 2 aromatic heterocycles. The van der Waals surface area contributed by atoms with Crippen LogP contribution in [0.3, 0.4) is 0 Å². The zero-order chi connectivity index (χ0) is 15.2. The fraction of sp³-hybridized carbons (Fsp3) is 0.357. The van der Waals surface area contributed by atoms with E-state index in [2.05, 4.69) is 10.1 Å². The summed E-state index contributed by atoms with van der Waals surface area (Å²) in [6.07, 6.45) is 3.31. The molecular formula is C14H19N5O2. The summed E-state index contributed by atoms with van der Waals surface area (Å²) in [6, 6.07) is 5.09. The van der Waals surface area contributed by atoms with Gasteiger partial charge < -0.3 is 15.4 Å². The van der Waals surface area contributed by atoms with Gasteiger partial charge in [-0.05, 0) is 11.6 Å². The number of pyridine rings is 1. The third-order valence-corrected chi connectivity index (χ3v) is 3.11. The number of anilines is 2. The van der Waals surface area contributed by atoms with E-state index >= 15 is 0 Å². The summed E-state index contributed by atoms with van der Waals surface area (Å²) in [4.78, 5) is 18.0.